The van der Waals surface area contributed by atoms with Crippen LogP contribution in [0.25, 0.3) is 0 Å². The zero-order valence-electron chi connectivity index (χ0n) is 12.5. The van der Waals surface area contributed by atoms with Crippen LogP contribution in [0.5, 0.6) is 0 Å². The highest BCUT2D eigenvalue weighted by Gasteiger charge is 2.40. The molecule has 0 heterocycles. The van der Waals surface area contributed by atoms with Crippen molar-refractivity contribution in [2.45, 2.75) is 83.1 Å². The van der Waals surface area contributed by atoms with Crippen molar-refractivity contribution in [2.24, 2.45) is 11.1 Å². The van der Waals surface area contributed by atoms with Crippen LogP contribution in [-0.4, -0.2) is 18.0 Å². The molecule has 110 valence electrons. The molecule has 0 aromatic rings. The van der Waals surface area contributed by atoms with Crippen LogP contribution in [0, 0.1) is 5.41 Å². The lowest BCUT2D eigenvalue weighted by molar-refractivity contribution is -0.133. The van der Waals surface area contributed by atoms with Gasteiger partial charge in [0.2, 0.25) is 5.91 Å². The molecular weight excluding hydrogens is 236 g/mol. The molecule has 1 amide bonds. The summed E-state index contributed by atoms with van der Waals surface area (Å²) < 4.78 is 0. The molecular formula is C16H30N2O. The van der Waals surface area contributed by atoms with Crippen LogP contribution >= 0.6 is 0 Å². The average Bonchev–Trinajstić information content (AvgIpc) is 2.65. The van der Waals surface area contributed by atoms with Crippen molar-refractivity contribution >= 4 is 5.91 Å². The average molecular weight is 266 g/mol. The fourth-order valence-corrected chi connectivity index (χ4v) is 3.79. The van der Waals surface area contributed by atoms with Gasteiger partial charge in [-0.2, -0.15) is 0 Å². The van der Waals surface area contributed by atoms with Crippen molar-refractivity contribution in [3.05, 3.63) is 0 Å². The van der Waals surface area contributed by atoms with Crippen molar-refractivity contribution in [2.75, 3.05) is 6.54 Å². The molecule has 2 saturated carbocycles. The minimum Gasteiger partial charge on any atom is -0.350 e. The van der Waals surface area contributed by atoms with Gasteiger partial charge in [0, 0.05) is 12.1 Å². The third kappa shape index (κ3) is 3.50. The highest BCUT2D eigenvalue weighted by molar-refractivity contribution is 5.83. The van der Waals surface area contributed by atoms with E-state index in [2.05, 4.69) is 12.2 Å². The molecule has 0 unspecified atom stereocenters. The van der Waals surface area contributed by atoms with Gasteiger partial charge in [0.25, 0.3) is 0 Å². The Morgan fingerprint density at radius 3 is 1.95 bits per heavy atom. The molecule has 19 heavy (non-hydrogen) atoms. The molecule has 3 nitrogen and oxygen atoms in total. The molecule has 0 aromatic heterocycles. The standard InChI is InChI=1S/C16H30N2O/c1-15(9-5-4-6-10-15)18-14(19)16(13-17)11-7-2-3-8-12-16/h2-13,17H2,1H3,(H,18,19). The van der Waals surface area contributed by atoms with Crippen LogP contribution in [0.2, 0.25) is 0 Å². The van der Waals surface area contributed by atoms with Crippen molar-refractivity contribution in [3.8, 4) is 0 Å². The van der Waals surface area contributed by atoms with Crippen LogP contribution in [0.1, 0.15) is 77.6 Å². The number of nitrogens with two attached hydrogens (primary N) is 1. The lowest BCUT2D eigenvalue weighted by atomic mass is 9.77. The van der Waals surface area contributed by atoms with E-state index in [9.17, 15) is 4.79 Å². The third-order valence-electron chi connectivity index (χ3n) is 5.31. The first-order valence-corrected chi connectivity index (χ1v) is 8.13. The lowest BCUT2D eigenvalue weighted by Gasteiger charge is -2.39. The van der Waals surface area contributed by atoms with E-state index in [1.165, 1.54) is 32.1 Å². The molecule has 0 bridgehead atoms. The summed E-state index contributed by atoms with van der Waals surface area (Å²) in [5.74, 6) is 0.237. The van der Waals surface area contributed by atoms with Crippen LogP contribution < -0.4 is 11.1 Å². The van der Waals surface area contributed by atoms with Gasteiger partial charge in [-0.3, -0.25) is 4.79 Å². The van der Waals surface area contributed by atoms with E-state index >= 15 is 0 Å². The van der Waals surface area contributed by atoms with Gasteiger partial charge in [0.05, 0.1) is 5.41 Å². The fourth-order valence-electron chi connectivity index (χ4n) is 3.79. The molecule has 0 aromatic carbocycles. The van der Waals surface area contributed by atoms with Gasteiger partial charge in [-0.25, -0.2) is 0 Å². The highest BCUT2D eigenvalue weighted by atomic mass is 16.2. The Labute approximate surface area is 117 Å². The van der Waals surface area contributed by atoms with Gasteiger partial charge in [0.1, 0.15) is 0 Å². The Morgan fingerprint density at radius 1 is 0.947 bits per heavy atom. The molecule has 2 rings (SSSR count). The summed E-state index contributed by atoms with van der Waals surface area (Å²) in [6.45, 7) is 2.72. The van der Waals surface area contributed by atoms with Crippen molar-refractivity contribution in [3.63, 3.8) is 0 Å². The van der Waals surface area contributed by atoms with Crippen molar-refractivity contribution < 1.29 is 4.79 Å². The van der Waals surface area contributed by atoms with E-state index in [0.717, 1.165) is 38.5 Å². The number of rotatable bonds is 3. The zero-order chi connectivity index (χ0) is 13.8. The summed E-state index contributed by atoms with van der Waals surface area (Å²) in [6.07, 6.45) is 12.8. The third-order valence-corrected chi connectivity index (χ3v) is 5.31. The molecule has 3 N–H and O–H groups in total. The second kappa shape index (κ2) is 6.25. The van der Waals surface area contributed by atoms with Gasteiger partial charge >= 0.3 is 0 Å². The zero-order valence-corrected chi connectivity index (χ0v) is 12.5. The molecule has 3 heteroatoms. The summed E-state index contributed by atoms with van der Waals surface area (Å²) >= 11 is 0. The Kier molecular flexibility index (Phi) is 4.88. The number of amides is 1. The quantitative estimate of drug-likeness (QED) is 0.771. The Bertz CT molecular complexity index is 300. The number of hydrogen-bond donors (Lipinski definition) is 2. The van der Waals surface area contributed by atoms with Gasteiger partial charge in [-0.1, -0.05) is 44.9 Å². The predicted octanol–water partition coefficient (Wildman–Crippen LogP) is 3.12. The summed E-state index contributed by atoms with van der Waals surface area (Å²) in [4.78, 5) is 12.8. The van der Waals surface area contributed by atoms with Crippen LogP contribution in [0.4, 0.5) is 0 Å². The monoisotopic (exact) mass is 266 g/mol. The van der Waals surface area contributed by atoms with E-state index < -0.39 is 0 Å². The summed E-state index contributed by atoms with van der Waals surface area (Å²) in [5.41, 5.74) is 5.73. The summed E-state index contributed by atoms with van der Waals surface area (Å²) in [6, 6.07) is 0. The largest absolute Gasteiger partial charge is 0.350 e. The number of carbonyl (C=O) groups is 1. The van der Waals surface area contributed by atoms with E-state index in [4.69, 9.17) is 5.73 Å². The van der Waals surface area contributed by atoms with E-state index in [-0.39, 0.29) is 16.9 Å². The van der Waals surface area contributed by atoms with Crippen molar-refractivity contribution in [1.29, 1.82) is 0 Å². The number of nitrogens with one attached hydrogen (secondary N) is 1. The normalized spacial score (nSPS) is 26.4. The summed E-state index contributed by atoms with van der Waals surface area (Å²) in [7, 11) is 0. The Morgan fingerprint density at radius 2 is 1.42 bits per heavy atom. The smallest absolute Gasteiger partial charge is 0.227 e. The molecule has 2 aliphatic rings. The van der Waals surface area contributed by atoms with Crippen molar-refractivity contribution in [1.82, 2.24) is 5.32 Å². The molecule has 0 saturated heterocycles. The second-order valence-electron chi connectivity index (χ2n) is 6.97. The SMILES string of the molecule is CC1(NC(=O)C2(CN)CCCCCC2)CCCCC1. The number of hydrogen-bond acceptors (Lipinski definition) is 2. The molecule has 0 atom stereocenters. The molecule has 0 spiro atoms. The maximum absolute atomic E-state index is 12.8. The first-order chi connectivity index (χ1) is 9.10. The minimum absolute atomic E-state index is 0.0177. The Hall–Kier alpha value is -0.570. The van der Waals surface area contributed by atoms with Gasteiger partial charge in [-0.15, -0.1) is 0 Å². The van der Waals surface area contributed by atoms with Gasteiger partial charge in [-0.05, 0) is 32.6 Å². The Balaban J connectivity index is 2.03. The molecule has 2 fully saturated rings. The number of carbonyl (C=O) groups excluding carboxylic acids is 1. The topological polar surface area (TPSA) is 55.1 Å². The first-order valence-electron chi connectivity index (χ1n) is 8.13. The predicted molar refractivity (Wildman–Crippen MR) is 78.8 cm³/mol. The highest BCUT2D eigenvalue weighted by Crippen LogP contribution is 2.36. The van der Waals surface area contributed by atoms with Gasteiger partial charge < -0.3 is 11.1 Å². The first kappa shape index (κ1) is 14.8. The minimum atomic E-state index is -0.281. The van der Waals surface area contributed by atoms with Crippen LogP contribution in [0.3, 0.4) is 0 Å². The van der Waals surface area contributed by atoms with E-state index in [1.807, 2.05) is 0 Å². The molecule has 0 aliphatic heterocycles. The maximum Gasteiger partial charge on any atom is 0.227 e. The van der Waals surface area contributed by atoms with Gasteiger partial charge in [0.15, 0.2) is 0 Å². The molecule has 2 aliphatic carbocycles. The summed E-state index contributed by atoms with van der Waals surface area (Å²) in [5, 5.41) is 3.37. The van der Waals surface area contributed by atoms with E-state index in [0.29, 0.717) is 6.54 Å². The van der Waals surface area contributed by atoms with E-state index in [1.54, 1.807) is 0 Å². The second-order valence-corrected chi connectivity index (χ2v) is 6.97. The lowest BCUT2D eigenvalue weighted by Crippen LogP contribution is -2.55. The van der Waals surface area contributed by atoms with Crippen LogP contribution in [0.15, 0.2) is 0 Å². The van der Waals surface area contributed by atoms with Crippen LogP contribution in [-0.2, 0) is 4.79 Å². The maximum atomic E-state index is 12.8. The fraction of sp³-hybridized carbons (Fsp3) is 0.938. The molecule has 0 radical (unpaired) electrons.